The third-order valence-corrected chi connectivity index (χ3v) is 1.29. The average Bonchev–Trinajstić information content (AvgIpc) is 2.14. The van der Waals surface area contributed by atoms with Crippen molar-refractivity contribution in [2.45, 2.75) is 0 Å². The number of aromatic nitrogens is 1. The van der Waals surface area contributed by atoms with Crippen LogP contribution in [-0.2, 0) is 9.63 Å². The maximum Gasteiger partial charge on any atom is 0.259 e. The zero-order chi connectivity index (χ0) is 9.68. The van der Waals surface area contributed by atoms with Crippen LogP contribution in [-0.4, -0.2) is 24.1 Å². The van der Waals surface area contributed by atoms with E-state index in [0.29, 0.717) is 11.5 Å². The summed E-state index contributed by atoms with van der Waals surface area (Å²) < 4.78 is 0. The second-order valence-electron chi connectivity index (χ2n) is 2.17. The van der Waals surface area contributed by atoms with Crippen molar-refractivity contribution in [3.05, 3.63) is 23.9 Å². The summed E-state index contributed by atoms with van der Waals surface area (Å²) in [6.07, 6.45) is 1.60. The van der Waals surface area contributed by atoms with Gasteiger partial charge >= 0.3 is 0 Å². The highest BCUT2D eigenvalue weighted by Crippen LogP contribution is 2.01. The molecular formula is C8H8N3O2. The maximum atomic E-state index is 10.4. The summed E-state index contributed by atoms with van der Waals surface area (Å²) in [5, 5.41) is 3.43. The highest BCUT2D eigenvalue weighted by Gasteiger charge is 2.05. The van der Waals surface area contributed by atoms with Crippen molar-refractivity contribution in [2.24, 2.45) is 5.16 Å². The monoisotopic (exact) mass is 178 g/mol. The van der Waals surface area contributed by atoms with Gasteiger partial charge in [-0.25, -0.2) is 4.98 Å². The second-order valence-corrected chi connectivity index (χ2v) is 2.17. The van der Waals surface area contributed by atoms with E-state index < -0.39 is 0 Å². The molecule has 0 aliphatic carbocycles. The van der Waals surface area contributed by atoms with Crippen molar-refractivity contribution in [1.29, 1.82) is 0 Å². The van der Waals surface area contributed by atoms with Gasteiger partial charge in [0.25, 0.3) is 6.29 Å². The first-order valence-corrected chi connectivity index (χ1v) is 3.50. The molecule has 1 aromatic rings. The Morgan fingerprint density at radius 3 is 3.00 bits per heavy atom. The highest BCUT2D eigenvalue weighted by atomic mass is 16.6. The normalized spacial score (nSPS) is 11.0. The molecule has 1 rings (SSSR count). The van der Waals surface area contributed by atoms with Crippen LogP contribution in [0.15, 0.2) is 23.4 Å². The van der Waals surface area contributed by atoms with Gasteiger partial charge in [0.05, 0.1) is 5.69 Å². The van der Waals surface area contributed by atoms with Crippen LogP contribution in [0, 0.1) is 0 Å². The number of nitrogens with zero attached hydrogens (tertiary/aromatic N) is 2. The fourth-order valence-electron chi connectivity index (χ4n) is 0.792. The van der Waals surface area contributed by atoms with Crippen LogP contribution in [0.5, 0.6) is 0 Å². The molecule has 0 aliphatic rings. The third kappa shape index (κ3) is 2.26. The average molecular weight is 178 g/mol. The zero-order valence-corrected chi connectivity index (χ0v) is 7.02. The predicted octanol–water partition coefficient (Wildman–Crippen LogP) is 0.124. The van der Waals surface area contributed by atoms with Gasteiger partial charge in [-0.15, -0.1) is 0 Å². The summed E-state index contributed by atoms with van der Waals surface area (Å²) in [5.41, 5.74) is 5.75. The van der Waals surface area contributed by atoms with Crippen molar-refractivity contribution in [2.75, 3.05) is 12.8 Å². The Morgan fingerprint density at radius 2 is 2.46 bits per heavy atom. The van der Waals surface area contributed by atoms with E-state index in [1.54, 1.807) is 24.5 Å². The topological polar surface area (TPSA) is 77.6 Å². The van der Waals surface area contributed by atoms with Crippen molar-refractivity contribution in [3.8, 4) is 0 Å². The predicted molar refractivity (Wildman–Crippen MR) is 47.9 cm³/mol. The Bertz CT molecular complexity index is 336. The Kier molecular flexibility index (Phi) is 2.97. The van der Waals surface area contributed by atoms with E-state index in [-0.39, 0.29) is 5.71 Å². The molecule has 5 nitrogen and oxygen atoms in total. The lowest BCUT2D eigenvalue weighted by atomic mass is 10.2. The van der Waals surface area contributed by atoms with Gasteiger partial charge in [-0.3, -0.25) is 4.79 Å². The molecule has 0 amide bonds. The van der Waals surface area contributed by atoms with E-state index in [2.05, 4.69) is 15.0 Å². The van der Waals surface area contributed by atoms with E-state index in [0.717, 1.165) is 0 Å². The number of pyridine rings is 1. The third-order valence-electron chi connectivity index (χ3n) is 1.29. The molecule has 0 aromatic carbocycles. The largest absolute Gasteiger partial charge is 0.398 e. The van der Waals surface area contributed by atoms with Crippen LogP contribution < -0.4 is 5.73 Å². The summed E-state index contributed by atoms with van der Waals surface area (Å²) in [5.74, 6) is 0.316. The molecule has 0 fully saturated rings. The lowest BCUT2D eigenvalue weighted by Crippen LogP contribution is -2.06. The highest BCUT2D eigenvalue weighted by molar-refractivity contribution is 6.35. The quantitative estimate of drug-likeness (QED) is 0.527. The second kappa shape index (κ2) is 4.20. The van der Waals surface area contributed by atoms with E-state index in [4.69, 9.17) is 5.73 Å². The minimum atomic E-state index is -0.00481. The first-order valence-electron chi connectivity index (χ1n) is 3.50. The minimum absolute atomic E-state index is 0.00481. The van der Waals surface area contributed by atoms with Gasteiger partial charge < -0.3 is 10.6 Å². The first-order chi connectivity index (χ1) is 6.27. The maximum absolute atomic E-state index is 10.4. The standard InChI is InChI=1S/C8H8N3O2/c1-13-11-7(5-12)6-3-2-4-8(9)10-6/h2-4H,1H3,(H2,9,10)/b11-7+. The molecule has 67 valence electrons. The van der Waals surface area contributed by atoms with Crippen LogP contribution in [0.2, 0.25) is 0 Å². The van der Waals surface area contributed by atoms with Crippen LogP contribution >= 0.6 is 0 Å². The molecule has 2 N–H and O–H groups in total. The number of hydrogen-bond donors (Lipinski definition) is 1. The number of carbonyl (C=O) groups excluding carboxylic acids is 1. The number of hydrogen-bond acceptors (Lipinski definition) is 5. The smallest absolute Gasteiger partial charge is 0.259 e. The fraction of sp³-hybridized carbons (Fsp3) is 0.125. The molecule has 1 aromatic heterocycles. The first kappa shape index (κ1) is 9.18. The number of anilines is 1. The van der Waals surface area contributed by atoms with Crippen molar-refractivity contribution < 1.29 is 9.63 Å². The molecule has 5 heteroatoms. The molecule has 0 saturated carbocycles. The summed E-state index contributed by atoms with van der Waals surface area (Å²) in [6, 6.07) is 4.87. The van der Waals surface area contributed by atoms with E-state index in [1.165, 1.54) is 7.11 Å². The van der Waals surface area contributed by atoms with Crippen molar-refractivity contribution in [1.82, 2.24) is 4.98 Å². The number of rotatable bonds is 3. The van der Waals surface area contributed by atoms with E-state index in [1.807, 2.05) is 0 Å². The summed E-state index contributed by atoms with van der Waals surface area (Å²) in [4.78, 5) is 18.7. The van der Waals surface area contributed by atoms with Crippen molar-refractivity contribution >= 4 is 17.8 Å². The minimum Gasteiger partial charge on any atom is -0.398 e. The van der Waals surface area contributed by atoms with Crippen molar-refractivity contribution in [3.63, 3.8) is 0 Å². The zero-order valence-electron chi connectivity index (χ0n) is 7.02. The molecule has 13 heavy (non-hydrogen) atoms. The van der Waals surface area contributed by atoms with Gasteiger partial charge in [0, 0.05) is 0 Å². The van der Waals surface area contributed by atoms with Gasteiger partial charge in [-0.05, 0) is 12.1 Å². The summed E-state index contributed by atoms with van der Waals surface area (Å²) in [6.45, 7) is 0. The van der Waals surface area contributed by atoms with Gasteiger partial charge in [0.2, 0.25) is 0 Å². The molecule has 0 saturated heterocycles. The Labute approximate surface area is 75.2 Å². The molecular weight excluding hydrogens is 170 g/mol. The van der Waals surface area contributed by atoms with Gasteiger partial charge in [0.1, 0.15) is 12.9 Å². The molecule has 0 bridgehead atoms. The molecule has 0 atom stereocenters. The molecule has 0 spiro atoms. The van der Waals surface area contributed by atoms with E-state index in [9.17, 15) is 4.79 Å². The van der Waals surface area contributed by atoms with Crippen LogP contribution in [0.25, 0.3) is 0 Å². The Hall–Kier alpha value is -1.91. The van der Waals surface area contributed by atoms with Crippen LogP contribution in [0.1, 0.15) is 5.69 Å². The molecule has 1 radical (unpaired) electrons. The van der Waals surface area contributed by atoms with Crippen LogP contribution in [0.4, 0.5) is 5.82 Å². The van der Waals surface area contributed by atoms with E-state index >= 15 is 0 Å². The molecule has 1 heterocycles. The molecule has 0 aliphatic heterocycles. The number of oxime groups is 1. The summed E-state index contributed by atoms with van der Waals surface area (Å²) in [7, 11) is 1.34. The molecule has 0 unspecified atom stereocenters. The van der Waals surface area contributed by atoms with Gasteiger partial charge in [-0.2, -0.15) is 0 Å². The van der Waals surface area contributed by atoms with Gasteiger partial charge in [-0.1, -0.05) is 11.2 Å². The number of nitrogens with two attached hydrogens (primary N) is 1. The lowest BCUT2D eigenvalue weighted by Gasteiger charge is -1.97. The summed E-state index contributed by atoms with van der Waals surface area (Å²) >= 11 is 0. The fourth-order valence-corrected chi connectivity index (χ4v) is 0.792. The lowest BCUT2D eigenvalue weighted by molar-refractivity contribution is 0.214. The Morgan fingerprint density at radius 1 is 1.69 bits per heavy atom. The Balaban J connectivity index is 3.05. The number of nitrogen functional groups attached to an aromatic ring is 1. The van der Waals surface area contributed by atoms with Gasteiger partial charge in [0.15, 0.2) is 5.71 Å². The SMILES string of the molecule is CO/N=C(\[C]=O)c1cccc(N)n1. The van der Waals surface area contributed by atoms with Crippen LogP contribution in [0.3, 0.4) is 0 Å².